The van der Waals surface area contributed by atoms with Gasteiger partial charge in [-0.2, -0.15) is 0 Å². The maximum Gasteiger partial charge on any atom is 0.261 e. The van der Waals surface area contributed by atoms with Crippen molar-refractivity contribution in [1.82, 2.24) is 19.6 Å². The highest BCUT2D eigenvalue weighted by Gasteiger charge is 2.38. The second-order valence-corrected chi connectivity index (χ2v) is 15.4. The standard InChI is InChI=1S/C39H38Br2N4O4/c1-3-12-42(13-4-2)16-18-44-36(46)24-10-8-22-33-29(41)21-27-31-25(37(47)45(39(27)49)19-17-43-14-6-5-7-15-43)11-9-23(35(31)33)32-28(40)20-26(38(44)48)30(24)34(22)32/h8-11,20-21H,3-7,12-19H2,1-2H3. The molecule has 0 radical (unpaired) electrons. The fraction of sp³-hybridized carbons (Fsp3) is 0.385. The number of imide groups is 2. The number of likely N-dealkylation sites (tertiary alicyclic amines) is 1. The van der Waals surface area contributed by atoms with Crippen LogP contribution in [0.1, 0.15) is 87.4 Å². The van der Waals surface area contributed by atoms with Gasteiger partial charge in [0.15, 0.2) is 0 Å². The lowest BCUT2D eigenvalue weighted by atomic mass is 9.82. The van der Waals surface area contributed by atoms with Gasteiger partial charge in [0.05, 0.1) is 0 Å². The molecule has 5 aromatic rings. The van der Waals surface area contributed by atoms with Crippen molar-refractivity contribution < 1.29 is 19.2 Å². The van der Waals surface area contributed by atoms with Gasteiger partial charge in [-0.05, 0) is 86.9 Å². The maximum absolute atomic E-state index is 14.1. The summed E-state index contributed by atoms with van der Waals surface area (Å²) in [5.41, 5.74) is 2.04. The number of nitrogens with zero attached hydrogens (tertiary/aromatic N) is 4. The molecule has 8 rings (SSSR count). The topological polar surface area (TPSA) is 81.2 Å². The molecule has 4 amide bonds. The minimum Gasteiger partial charge on any atom is -0.302 e. The molecule has 0 aromatic heterocycles. The normalized spacial score (nSPS) is 17.0. The van der Waals surface area contributed by atoms with Crippen LogP contribution in [0.15, 0.2) is 45.3 Å². The van der Waals surface area contributed by atoms with E-state index < -0.39 is 0 Å². The third kappa shape index (κ3) is 5.04. The van der Waals surface area contributed by atoms with Gasteiger partial charge in [-0.1, -0.05) is 64.3 Å². The zero-order valence-corrected chi connectivity index (χ0v) is 31.0. The molecule has 0 spiro atoms. The molecule has 252 valence electrons. The number of amides is 4. The van der Waals surface area contributed by atoms with Crippen LogP contribution in [0.5, 0.6) is 0 Å². The molecule has 0 saturated carbocycles. The zero-order valence-electron chi connectivity index (χ0n) is 27.8. The molecule has 0 unspecified atom stereocenters. The molecule has 10 heteroatoms. The summed E-state index contributed by atoms with van der Waals surface area (Å²) in [7, 11) is 0. The Morgan fingerprint density at radius 3 is 1.51 bits per heavy atom. The highest BCUT2D eigenvalue weighted by Crippen LogP contribution is 2.50. The first kappa shape index (κ1) is 32.7. The summed E-state index contributed by atoms with van der Waals surface area (Å²) < 4.78 is 1.46. The van der Waals surface area contributed by atoms with E-state index in [0.29, 0.717) is 59.2 Å². The Kier molecular flexibility index (Phi) is 8.49. The minimum atomic E-state index is -0.286. The van der Waals surface area contributed by atoms with Crippen molar-refractivity contribution in [2.45, 2.75) is 46.0 Å². The van der Waals surface area contributed by atoms with E-state index in [1.54, 1.807) is 0 Å². The van der Waals surface area contributed by atoms with Crippen molar-refractivity contribution >= 4 is 98.6 Å². The predicted molar refractivity (Wildman–Crippen MR) is 201 cm³/mol. The Balaban J connectivity index is 1.27. The van der Waals surface area contributed by atoms with E-state index in [9.17, 15) is 19.2 Å². The van der Waals surface area contributed by atoms with Gasteiger partial charge in [-0.15, -0.1) is 0 Å². The lowest BCUT2D eigenvalue weighted by Crippen LogP contribution is -2.45. The summed E-state index contributed by atoms with van der Waals surface area (Å²) in [6, 6.07) is 11.3. The molecule has 0 bridgehead atoms. The average molecular weight is 787 g/mol. The summed E-state index contributed by atoms with van der Waals surface area (Å²) in [4.78, 5) is 63.6. The molecular formula is C39H38Br2N4O4. The molecule has 0 N–H and O–H groups in total. The number of hydrogen-bond acceptors (Lipinski definition) is 6. The Hall–Kier alpha value is -3.44. The van der Waals surface area contributed by atoms with Gasteiger partial charge in [0.1, 0.15) is 0 Å². The van der Waals surface area contributed by atoms with Crippen LogP contribution in [0.4, 0.5) is 0 Å². The van der Waals surface area contributed by atoms with Crippen molar-refractivity contribution in [2.24, 2.45) is 0 Å². The number of rotatable bonds is 10. The number of hydrogen-bond donors (Lipinski definition) is 0. The third-order valence-electron chi connectivity index (χ3n) is 10.7. The van der Waals surface area contributed by atoms with Crippen molar-refractivity contribution in [1.29, 1.82) is 0 Å². The van der Waals surface area contributed by atoms with Gasteiger partial charge < -0.3 is 9.80 Å². The van der Waals surface area contributed by atoms with Crippen molar-refractivity contribution in [3.63, 3.8) is 0 Å². The minimum absolute atomic E-state index is 0.267. The van der Waals surface area contributed by atoms with Crippen molar-refractivity contribution in [2.75, 3.05) is 52.4 Å². The second-order valence-electron chi connectivity index (χ2n) is 13.7. The van der Waals surface area contributed by atoms with E-state index >= 15 is 0 Å². The summed E-state index contributed by atoms with van der Waals surface area (Å²) in [6.45, 7) is 10.1. The highest BCUT2D eigenvalue weighted by molar-refractivity contribution is 9.11. The summed E-state index contributed by atoms with van der Waals surface area (Å²) in [6.07, 6.45) is 5.53. The summed E-state index contributed by atoms with van der Waals surface area (Å²) in [5.74, 6) is -1.11. The lowest BCUT2D eigenvalue weighted by Gasteiger charge is -2.33. The quantitative estimate of drug-likeness (QED) is 0.0810. The number of benzene rings is 5. The van der Waals surface area contributed by atoms with Gasteiger partial charge in [-0.3, -0.25) is 29.0 Å². The zero-order chi connectivity index (χ0) is 34.1. The van der Waals surface area contributed by atoms with Gasteiger partial charge >= 0.3 is 0 Å². The second kappa shape index (κ2) is 12.7. The fourth-order valence-corrected chi connectivity index (χ4v) is 9.79. The molecule has 3 aliphatic rings. The lowest BCUT2D eigenvalue weighted by molar-refractivity contribution is 0.0575. The molecule has 49 heavy (non-hydrogen) atoms. The molecule has 0 aliphatic carbocycles. The van der Waals surface area contributed by atoms with E-state index in [1.165, 1.54) is 16.2 Å². The molecule has 1 saturated heterocycles. The largest absolute Gasteiger partial charge is 0.302 e. The van der Waals surface area contributed by atoms with Crippen molar-refractivity contribution in [3.05, 3.63) is 67.6 Å². The number of fused-ring (bicyclic) bond motifs is 2. The number of halogens is 2. The van der Waals surface area contributed by atoms with Crippen LogP contribution in [0.3, 0.4) is 0 Å². The fourth-order valence-electron chi connectivity index (χ4n) is 8.51. The first-order valence-corrected chi connectivity index (χ1v) is 19.1. The molecule has 1 fully saturated rings. The van der Waals surface area contributed by atoms with Crippen molar-refractivity contribution in [3.8, 4) is 0 Å². The molecular weight excluding hydrogens is 748 g/mol. The molecule has 5 aromatic carbocycles. The third-order valence-corrected chi connectivity index (χ3v) is 12.0. The van der Waals surface area contributed by atoms with Crippen LogP contribution in [0.2, 0.25) is 0 Å². The molecule has 8 nitrogen and oxygen atoms in total. The van der Waals surface area contributed by atoms with Crippen LogP contribution in [-0.4, -0.2) is 95.6 Å². The average Bonchev–Trinajstić information content (AvgIpc) is 3.10. The number of piperidine rings is 1. The van der Waals surface area contributed by atoms with E-state index in [0.717, 1.165) is 93.1 Å². The van der Waals surface area contributed by atoms with Crippen LogP contribution >= 0.6 is 31.9 Å². The van der Waals surface area contributed by atoms with Gasteiger partial charge in [0, 0.05) is 89.7 Å². The monoisotopic (exact) mass is 784 g/mol. The summed E-state index contributed by atoms with van der Waals surface area (Å²) in [5, 5.41) is 6.41. The number of carbonyl (C=O) groups excluding carboxylic acids is 4. The predicted octanol–water partition coefficient (Wildman–Crippen LogP) is 8.06. The van der Waals surface area contributed by atoms with Gasteiger partial charge in [0.2, 0.25) is 0 Å². The SMILES string of the molecule is CCCN(CCC)CCN1C(=O)c2ccc3c4c(Br)cc5c6c(ccc(c7c(Br)cc(c2c37)C1=O)c64)C(=O)N(CCN1CCCCC1)C5=O. The van der Waals surface area contributed by atoms with E-state index in [1.807, 2.05) is 36.4 Å². The smallest absolute Gasteiger partial charge is 0.261 e. The van der Waals surface area contributed by atoms with Gasteiger partial charge in [-0.25, -0.2) is 0 Å². The molecule has 0 atom stereocenters. The Morgan fingerprint density at radius 1 is 0.551 bits per heavy atom. The Morgan fingerprint density at radius 2 is 1.02 bits per heavy atom. The first-order valence-electron chi connectivity index (χ1n) is 17.5. The van der Waals surface area contributed by atoms with Gasteiger partial charge in [0.25, 0.3) is 23.6 Å². The first-order chi connectivity index (χ1) is 23.7. The Bertz CT molecular complexity index is 2220. The van der Waals surface area contributed by atoms with Crippen LogP contribution in [-0.2, 0) is 0 Å². The Labute approximate surface area is 301 Å². The molecule has 3 aliphatic heterocycles. The van der Waals surface area contributed by atoms with E-state index in [4.69, 9.17) is 0 Å². The summed E-state index contributed by atoms with van der Waals surface area (Å²) >= 11 is 7.65. The van der Waals surface area contributed by atoms with Crippen LogP contribution < -0.4 is 0 Å². The van der Waals surface area contributed by atoms with Crippen LogP contribution in [0, 0.1) is 0 Å². The maximum atomic E-state index is 14.1. The molecule has 3 heterocycles. The van der Waals surface area contributed by atoms with E-state index in [-0.39, 0.29) is 23.6 Å². The van der Waals surface area contributed by atoms with Crippen LogP contribution in [0.25, 0.3) is 43.1 Å². The highest BCUT2D eigenvalue weighted by atomic mass is 79.9. The number of carbonyl (C=O) groups is 4. The van der Waals surface area contributed by atoms with E-state index in [2.05, 4.69) is 55.5 Å².